The first-order valence-corrected chi connectivity index (χ1v) is 6.73. The first-order chi connectivity index (χ1) is 9.08. The molecule has 1 amide bonds. The summed E-state index contributed by atoms with van der Waals surface area (Å²) in [4.78, 5) is 15.5. The van der Waals surface area contributed by atoms with Crippen molar-refractivity contribution in [3.8, 4) is 0 Å². The Balaban J connectivity index is 1.95. The van der Waals surface area contributed by atoms with Crippen LogP contribution < -0.4 is 5.32 Å². The van der Waals surface area contributed by atoms with Crippen LogP contribution in [0.15, 0.2) is 12.3 Å². The Morgan fingerprint density at radius 2 is 2.26 bits per heavy atom. The molecule has 1 aromatic heterocycles. The molecule has 0 bridgehead atoms. The molecule has 19 heavy (non-hydrogen) atoms. The van der Waals surface area contributed by atoms with Gasteiger partial charge >= 0.3 is 0 Å². The zero-order valence-corrected chi connectivity index (χ0v) is 11.2. The number of amides is 1. The van der Waals surface area contributed by atoms with Gasteiger partial charge in [-0.05, 0) is 18.9 Å². The summed E-state index contributed by atoms with van der Waals surface area (Å²) in [5.41, 5.74) is 0.0203. The van der Waals surface area contributed by atoms with E-state index in [1.54, 1.807) is 0 Å². The molecule has 0 radical (unpaired) electrons. The second kappa shape index (κ2) is 6.30. The summed E-state index contributed by atoms with van der Waals surface area (Å²) in [6.45, 7) is 0.368. The molecule has 2 N–H and O–H groups in total. The van der Waals surface area contributed by atoms with Crippen molar-refractivity contribution in [2.24, 2.45) is 5.92 Å². The van der Waals surface area contributed by atoms with E-state index in [1.807, 2.05) is 0 Å². The molecule has 2 atom stereocenters. The number of aromatic nitrogens is 1. The number of hydrogen-bond acceptors (Lipinski definition) is 3. The van der Waals surface area contributed by atoms with Crippen molar-refractivity contribution in [1.29, 1.82) is 0 Å². The van der Waals surface area contributed by atoms with Crippen molar-refractivity contribution in [3.05, 3.63) is 28.8 Å². The number of carbonyl (C=O) groups is 1. The van der Waals surface area contributed by atoms with Gasteiger partial charge in [-0.2, -0.15) is 0 Å². The third-order valence-electron chi connectivity index (χ3n) is 3.44. The molecule has 1 aliphatic carbocycles. The van der Waals surface area contributed by atoms with E-state index in [4.69, 9.17) is 11.6 Å². The summed E-state index contributed by atoms with van der Waals surface area (Å²) in [7, 11) is 0. The van der Waals surface area contributed by atoms with Crippen LogP contribution in [0, 0.1) is 11.7 Å². The van der Waals surface area contributed by atoms with Crippen molar-refractivity contribution in [2.45, 2.75) is 31.8 Å². The average Bonchev–Trinajstić information content (AvgIpc) is 2.40. The largest absolute Gasteiger partial charge is 0.393 e. The Bertz CT molecular complexity index is 470. The molecule has 2 unspecified atom stereocenters. The zero-order chi connectivity index (χ0) is 13.8. The predicted octanol–water partition coefficient (Wildman–Crippen LogP) is 2.16. The number of nitrogens with zero attached hydrogens (tertiary/aromatic N) is 1. The van der Waals surface area contributed by atoms with Gasteiger partial charge in [-0.15, -0.1) is 0 Å². The fourth-order valence-corrected chi connectivity index (χ4v) is 2.52. The first-order valence-electron chi connectivity index (χ1n) is 6.35. The van der Waals surface area contributed by atoms with Crippen LogP contribution in [0.1, 0.15) is 36.0 Å². The van der Waals surface area contributed by atoms with Crippen molar-refractivity contribution < 1.29 is 14.3 Å². The summed E-state index contributed by atoms with van der Waals surface area (Å²) in [5, 5.41) is 12.5. The van der Waals surface area contributed by atoms with Gasteiger partial charge in [-0.25, -0.2) is 9.37 Å². The lowest BCUT2D eigenvalue weighted by Gasteiger charge is -2.27. The van der Waals surface area contributed by atoms with Crippen LogP contribution >= 0.6 is 11.6 Å². The number of halogens is 2. The molecule has 0 aliphatic heterocycles. The monoisotopic (exact) mass is 286 g/mol. The highest BCUT2D eigenvalue weighted by Gasteiger charge is 2.24. The standard InChI is InChI=1S/C13H16ClFN2O2/c14-12-10(5-9(15)7-16-12)13(19)17-6-8-3-1-2-4-11(8)18/h5,7-8,11,18H,1-4,6H2,(H,17,19). The van der Waals surface area contributed by atoms with Gasteiger partial charge in [0.15, 0.2) is 0 Å². The van der Waals surface area contributed by atoms with Crippen LogP contribution in [0.5, 0.6) is 0 Å². The smallest absolute Gasteiger partial charge is 0.254 e. The number of pyridine rings is 1. The number of hydrogen-bond donors (Lipinski definition) is 2. The lowest BCUT2D eigenvalue weighted by Crippen LogP contribution is -2.36. The van der Waals surface area contributed by atoms with Gasteiger partial charge in [0.2, 0.25) is 0 Å². The maximum Gasteiger partial charge on any atom is 0.254 e. The van der Waals surface area contributed by atoms with Gasteiger partial charge in [-0.1, -0.05) is 24.4 Å². The Hall–Kier alpha value is -1.20. The molecule has 4 nitrogen and oxygen atoms in total. The molecule has 1 aliphatic rings. The number of aliphatic hydroxyl groups is 1. The molecular weight excluding hydrogens is 271 g/mol. The van der Waals surface area contributed by atoms with E-state index < -0.39 is 11.7 Å². The third kappa shape index (κ3) is 3.64. The Labute approximate surface area is 116 Å². The fraction of sp³-hybridized carbons (Fsp3) is 0.538. The summed E-state index contributed by atoms with van der Waals surface area (Å²) in [5.74, 6) is -1.01. The van der Waals surface area contributed by atoms with Gasteiger partial charge in [0.1, 0.15) is 11.0 Å². The van der Waals surface area contributed by atoms with Crippen LogP contribution in [0.2, 0.25) is 5.15 Å². The molecule has 1 aromatic rings. The van der Waals surface area contributed by atoms with E-state index in [2.05, 4.69) is 10.3 Å². The second-order valence-corrected chi connectivity index (χ2v) is 5.17. The van der Waals surface area contributed by atoms with E-state index in [-0.39, 0.29) is 22.7 Å². The van der Waals surface area contributed by atoms with E-state index in [9.17, 15) is 14.3 Å². The van der Waals surface area contributed by atoms with Crippen LogP contribution in [-0.4, -0.2) is 28.6 Å². The summed E-state index contributed by atoms with van der Waals surface area (Å²) in [6, 6.07) is 1.06. The molecule has 1 saturated carbocycles. The first kappa shape index (κ1) is 14.2. The lowest BCUT2D eigenvalue weighted by atomic mass is 9.86. The minimum absolute atomic E-state index is 0.0203. The Morgan fingerprint density at radius 3 is 3.00 bits per heavy atom. The molecule has 104 valence electrons. The summed E-state index contributed by atoms with van der Waals surface area (Å²) < 4.78 is 13.0. The topological polar surface area (TPSA) is 62.2 Å². The van der Waals surface area contributed by atoms with Crippen molar-refractivity contribution >= 4 is 17.5 Å². The molecule has 0 spiro atoms. The SMILES string of the molecule is O=C(NCC1CCCCC1O)c1cc(F)cnc1Cl. The highest BCUT2D eigenvalue weighted by molar-refractivity contribution is 6.32. The molecule has 2 rings (SSSR count). The van der Waals surface area contributed by atoms with Crippen LogP contribution in [0.4, 0.5) is 4.39 Å². The van der Waals surface area contributed by atoms with Crippen molar-refractivity contribution in [3.63, 3.8) is 0 Å². The number of rotatable bonds is 3. The number of nitrogens with one attached hydrogen (secondary N) is 1. The fourth-order valence-electron chi connectivity index (χ4n) is 2.33. The summed E-state index contributed by atoms with van der Waals surface area (Å²) >= 11 is 5.75. The predicted molar refractivity (Wildman–Crippen MR) is 69.5 cm³/mol. The highest BCUT2D eigenvalue weighted by atomic mass is 35.5. The third-order valence-corrected chi connectivity index (χ3v) is 3.75. The molecule has 1 fully saturated rings. The van der Waals surface area contributed by atoms with Gasteiger partial charge in [-0.3, -0.25) is 4.79 Å². The maximum absolute atomic E-state index is 13.0. The molecule has 6 heteroatoms. The molecule has 1 heterocycles. The molecular formula is C13H16ClFN2O2. The van der Waals surface area contributed by atoms with E-state index >= 15 is 0 Å². The summed E-state index contributed by atoms with van der Waals surface area (Å²) in [6.07, 6.45) is 4.31. The molecule has 0 aromatic carbocycles. The van der Waals surface area contributed by atoms with Gasteiger partial charge in [0, 0.05) is 12.5 Å². The second-order valence-electron chi connectivity index (χ2n) is 4.81. The van der Waals surface area contributed by atoms with Gasteiger partial charge < -0.3 is 10.4 Å². The molecule has 0 saturated heterocycles. The minimum Gasteiger partial charge on any atom is -0.393 e. The van der Waals surface area contributed by atoms with Gasteiger partial charge in [0.25, 0.3) is 5.91 Å². The maximum atomic E-state index is 13.0. The minimum atomic E-state index is -0.604. The Morgan fingerprint density at radius 1 is 1.53 bits per heavy atom. The van der Waals surface area contributed by atoms with Crippen LogP contribution in [0.25, 0.3) is 0 Å². The van der Waals surface area contributed by atoms with E-state index in [0.717, 1.165) is 37.9 Å². The number of carbonyl (C=O) groups excluding carboxylic acids is 1. The Kier molecular flexibility index (Phi) is 4.71. The highest BCUT2D eigenvalue weighted by Crippen LogP contribution is 2.23. The average molecular weight is 287 g/mol. The van der Waals surface area contributed by atoms with Crippen LogP contribution in [0.3, 0.4) is 0 Å². The van der Waals surface area contributed by atoms with Crippen LogP contribution in [-0.2, 0) is 0 Å². The van der Waals surface area contributed by atoms with Crippen molar-refractivity contribution in [2.75, 3.05) is 6.54 Å². The van der Waals surface area contributed by atoms with Gasteiger partial charge in [0.05, 0.1) is 17.9 Å². The lowest BCUT2D eigenvalue weighted by molar-refractivity contribution is 0.0663. The van der Waals surface area contributed by atoms with E-state index in [0.29, 0.717) is 6.54 Å². The zero-order valence-electron chi connectivity index (χ0n) is 10.4. The quantitative estimate of drug-likeness (QED) is 0.837. The van der Waals surface area contributed by atoms with E-state index in [1.165, 1.54) is 0 Å². The normalized spacial score (nSPS) is 23.1. The number of aliphatic hydroxyl groups excluding tert-OH is 1. The van der Waals surface area contributed by atoms with Crippen molar-refractivity contribution in [1.82, 2.24) is 10.3 Å².